The molecule has 31 heavy (non-hydrogen) atoms. The Morgan fingerprint density at radius 2 is 1.94 bits per heavy atom. The number of nitrogens with zero attached hydrogens (tertiary/aromatic N) is 3. The molecule has 4 rings (SSSR count). The van der Waals surface area contributed by atoms with Crippen molar-refractivity contribution in [3.05, 3.63) is 40.2 Å². The minimum atomic E-state index is -3.20. The lowest BCUT2D eigenvalue weighted by Crippen LogP contribution is -2.39. The Morgan fingerprint density at radius 3 is 2.42 bits per heavy atom. The lowest BCUT2D eigenvalue weighted by Gasteiger charge is -2.27. The monoisotopic (exact) mass is 465 g/mol. The molecule has 2 aromatic rings. The van der Waals surface area contributed by atoms with E-state index in [4.69, 9.17) is 14.4 Å². The normalized spacial score (nSPS) is 19.3. The Balaban J connectivity index is 1.78. The van der Waals surface area contributed by atoms with Crippen molar-refractivity contribution in [3.8, 4) is 17.6 Å². The van der Waals surface area contributed by atoms with Crippen molar-refractivity contribution in [3.63, 3.8) is 0 Å². The van der Waals surface area contributed by atoms with Crippen molar-refractivity contribution in [1.82, 2.24) is 9.78 Å². The van der Waals surface area contributed by atoms with Crippen LogP contribution in [0.1, 0.15) is 59.3 Å². The molecule has 1 unspecified atom stereocenters. The molecule has 0 bridgehead atoms. The molecule has 9 nitrogen and oxygen atoms in total. The van der Waals surface area contributed by atoms with Crippen molar-refractivity contribution < 1.29 is 27.1 Å². The van der Waals surface area contributed by atoms with E-state index in [9.17, 15) is 23.1 Å². The molecule has 11 heteroatoms. The third kappa shape index (κ3) is 4.41. The topological polar surface area (TPSA) is 132 Å². The van der Waals surface area contributed by atoms with E-state index in [1.165, 1.54) is 0 Å². The summed E-state index contributed by atoms with van der Waals surface area (Å²) in [5, 5.41) is 14.0. The highest BCUT2D eigenvalue weighted by molar-refractivity contribution is 7.92. The van der Waals surface area contributed by atoms with E-state index in [1.54, 1.807) is 16.8 Å². The maximum atomic E-state index is 11.8. The van der Waals surface area contributed by atoms with Crippen LogP contribution in [0.3, 0.4) is 0 Å². The van der Waals surface area contributed by atoms with Crippen LogP contribution in [-0.4, -0.2) is 34.6 Å². The molecule has 1 saturated carbocycles. The first-order chi connectivity index (χ1) is 14.7. The number of aryl methyl sites for hydroxylation is 2. The zero-order valence-corrected chi connectivity index (χ0v) is 19.1. The molecule has 1 aromatic carbocycles. The first-order valence-electron chi connectivity index (χ1n) is 10.0. The van der Waals surface area contributed by atoms with Crippen LogP contribution in [0.15, 0.2) is 12.1 Å². The molecule has 1 saturated heterocycles. The Bertz CT molecular complexity index is 1160. The van der Waals surface area contributed by atoms with Gasteiger partial charge in [-0.3, -0.25) is 9.25 Å². The van der Waals surface area contributed by atoms with Gasteiger partial charge in [0.2, 0.25) is 0 Å². The van der Waals surface area contributed by atoms with E-state index in [0.29, 0.717) is 28.5 Å². The predicted octanol–water partition coefficient (Wildman–Crippen LogP) is 3.30. The third-order valence-corrected chi connectivity index (χ3v) is 8.06. The molecule has 0 amide bonds. The van der Waals surface area contributed by atoms with Crippen molar-refractivity contribution in [2.24, 2.45) is 0 Å². The van der Waals surface area contributed by atoms with E-state index in [1.807, 2.05) is 13.8 Å². The summed E-state index contributed by atoms with van der Waals surface area (Å²) in [5.74, 6) is 1.08. The van der Waals surface area contributed by atoms with E-state index >= 15 is 0 Å². The SMILES string of the molecule is Cc1cc(Oc2c(C3CCC3)nn(C3CS(=O)(=O)C3)c2CO[PH](=O)O)cc(C)c1C#N. The van der Waals surface area contributed by atoms with Gasteiger partial charge in [-0.05, 0) is 49.9 Å². The lowest BCUT2D eigenvalue weighted by molar-refractivity contribution is 0.255. The fraction of sp³-hybridized carbons (Fsp3) is 0.500. The maximum absolute atomic E-state index is 11.8. The maximum Gasteiger partial charge on any atom is 0.316 e. The number of rotatable bonds is 7. The largest absolute Gasteiger partial charge is 0.453 e. The second-order valence-electron chi connectivity index (χ2n) is 8.16. The van der Waals surface area contributed by atoms with Gasteiger partial charge in [0.25, 0.3) is 0 Å². The summed E-state index contributed by atoms with van der Waals surface area (Å²) < 4.78 is 47.6. The highest BCUT2D eigenvalue weighted by atomic mass is 32.2. The molecule has 1 aromatic heterocycles. The Kier molecular flexibility index (Phi) is 5.97. The summed E-state index contributed by atoms with van der Waals surface area (Å²) in [7, 11) is -6.30. The zero-order chi connectivity index (χ0) is 22.3. The van der Waals surface area contributed by atoms with Gasteiger partial charge in [0.1, 0.15) is 23.7 Å². The smallest absolute Gasteiger partial charge is 0.316 e. The van der Waals surface area contributed by atoms with E-state index in [0.717, 1.165) is 30.4 Å². The van der Waals surface area contributed by atoms with Gasteiger partial charge in [-0.2, -0.15) is 10.4 Å². The average molecular weight is 465 g/mol. The first kappa shape index (κ1) is 22.0. The van der Waals surface area contributed by atoms with Gasteiger partial charge < -0.3 is 14.2 Å². The van der Waals surface area contributed by atoms with Crippen LogP contribution in [0.5, 0.6) is 11.5 Å². The van der Waals surface area contributed by atoms with Gasteiger partial charge >= 0.3 is 8.25 Å². The van der Waals surface area contributed by atoms with Crippen LogP contribution < -0.4 is 4.74 Å². The molecule has 1 aliphatic carbocycles. The number of nitriles is 1. The average Bonchev–Trinajstić information content (AvgIpc) is 2.94. The van der Waals surface area contributed by atoms with Gasteiger partial charge in [-0.25, -0.2) is 8.42 Å². The number of sulfone groups is 1. The summed E-state index contributed by atoms with van der Waals surface area (Å²) in [5.41, 5.74) is 3.31. The summed E-state index contributed by atoms with van der Waals surface area (Å²) in [6, 6.07) is 5.35. The summed E-state index contributed by atoms with van der Waals surface area (Å²) in [4.78, 5) is 9.21. The van der Waals surface area contributed by atoms with Crippen molar-refractivity contribution in [2.45, 2.75) is 51.7 Å². The van der Waals surface area contributed by atoms with Crippen LogP contribution in [0.25, 0.3) is 0 Å². The molecule has 1 N–H and O–H groups in total. The fourth-order valence-electron chi connectivity index (χ4n) is 4.05. The summed E-state index contributed by atoms with van der Waals surface area (Å²) >= 11 is 0. The predicted molar refractivity (Wildman–Crippen MR) is 113 cm³/mol. The highest BCUT2D eigenvalue weighted by Crippen LogP contribution is 2.45. The Labute approximate surface area is 181 Å². The lowest BCUT2D eigenvalue weighted by atomic mass is 9.82. The van der Waals surface area contributed by atoms with Gasteiger partial charge in [0, 0.05) is 5.92 Å². The van der Waals surface area contributed by atoms with Crippen LogP contribution in [0, 0.1) is 25.2 Å². The molecule has 166 valence electrons. The quantitative estimate of drug-likeness (QED) is 0.616. The van der Waals surface area contributed by atoms with E-state index in [-0.39, 0.29) is 30.1 Å². The van der Waals surface area contributed by atoms with Crippen LogP contribution in [0.2, 0.25) is 0 Å². The summed E-state index contributed by atoms with van der Waals surface area (Å²) in [6.45, 7) is 3.44. The zero-order valence-electron chi connectivity index (χ0n) is 17.3. The minimum Gasteiger partial charge on any atom is -0.453 e. The number of aromatic nitrogens is 2. The number of hydrogen-bond acceptors (Lipinski definition) is 7. The van der Waals surface area contributed by atoms with Gasteiger partial charge in [-0.15, -0.1) is 0 Å². The van der Waals surface area contributed by atoms with Crippen molar-refractivity contribution in [1.29, 1.82) is 5.26 Å². The molecule has 2 heterocycles. The molecule has 0 radical (unpaired) electrons. The summed E-state index contributed by atoms with van der Waals surface area (Å²) in [6.07, 6.45) is 2.96. The Morgan fingerprint density at radius 1 is 1.29 bits per heavy atom. The van der Waals surface area contributed by atoms with Gasteiger partial charge in [-0.1, -0.05) is 6.42 Å². The minimum absolute atomic E-state index is 0.0331. The highest BCUT2D eigenvalue weighted by Gasteiger charge is 2.40. The number of hydrogen-bond donors (Lipinski definition) is 1. The standard InChI is InChI=1S/C20H24N3O6PS/c1-12-6-16(7-13(2)17(12)8-21)29-20-18(9-28-30(24)25)23(15-10-31(26,27)11-15)22-19(20)14-4-3-5-14/h6-7,14-15,30H,3-5,9-11H2,1-2H3,(H,24,25). The van der Waals surface area contributed by atoms with Gasteiger partial charge in [0.05, 0.1) is 29.2 Å². The van der Waals surface area contributed by atoms with E-state index in [2.05, 4.69) is 6.07 Å². The van der Waals surface area contributed by atoms with Gasteiger partial charge in [0.15, 0.2) is 15.6 Å². The molecule has 1 atom stereocenters. The number of ether oxygens (including phenoxy) is 1. The molecular formula is C20H24N3O6PS. The van der Waals surface area contributed by atoms with Crippen LogP contribution >= 0.6 is 8.25 Å². The van der Waals surface area contributed by atoms with Crippen LogP contribution in [-0.2, 0) is 25.5 Å². The Hall–Kier alpha value is -2.18. The molecule has 0 spiro atoms. The number of benzene rings is 1. The molecule has 2 fully saturated rings. The molecule has 1 aliphatic heterocycles. The van der Waals surface area contributed by atoms with E-state index < -0.39 is 18.1 Å². The fourth-order valence-corrected chi connectivity index (χ4v) is 5.67. The second kappa shape index (κ2) is 8.40. The third-order valence-electron chi connectivity index (χ3n) is 5.89. The molecular weight excluding hydrogens is 441 g/mol. The second-order valence-corrected chi connectivity index (χ2v) is 11.1. The van der Waals surface area contributed by atoms with Crippen LogP contribution in [0.4, 0.5) is 0 Å². The first-order valence-corrected chi connectivity index (χ1v) is 13.1. The molecule has 2 aliphatic rings. The van der Waals surface area contributed by atoms with Crippen molar-refractivity contribution >= 4 is 18.1 Å². The van der Waals surface area contributed by atoms with Crippen molar-refractivity contribution in [2.75, 3.05) is 11.5 Å².